The third-order valence-electron chi connectivity index (χ3n) is 4.35. The molecule has 1 unspecified atom stereocenters. The van der Waals surface area contributed by atoms with E-state index in [1.54, 1.807) is 6.07 Å². The molecule has 2 fully saturated rings. The molecule has 1 heterocycles. The molecule has 2 nitrogen and oxygen atoms in total. The molecule has 1 saturated carbocycles. The highest BCUT2D eigenvalue weighted by molar-refractivity contribution is 5.52. The van der Waals surface area contributed by atoms with Gasteiger partial charge in [-0.2, -0.15) is 13.2 Å². The molecule has 0 spiro atoms. The van der Waals surface area contributed by atoms with Crippen molar-refractivity contribution in [2.75, 3.05) is 18.0 Å². The first-order valence-electron chi connectivity index (χ1n) is 7.62. The maximum absolute atomic E-state index is 13.3. The zero-order valence-corrected chi connectivity index (χ0v) is 12.2. The number of benzene rings is 1. The Morgan fingerprint density at radius 1 is 1.24 bits per heavy atom. The monoisotopic (exact) mass is 298 g/mol. The molecule has 0 radical (unpaired) electrons. The summed E-state index contributed by atoms with van der Waals surface area (Å²) < 4.78 is 39.9. The summed E-state index contributed by atoms with van der Waals surface area (Å²) in [6.07, 6.45) is -1.09. The van der Waals surface area contributed by atoms with Crippen LogP contribution in [-0.4, -0.2) is 19.1 Å². The Balaban J connectivity index is 1.83. The van der Waals surface area contributed by atoms with Crippen molar-refractivity contribution in [2.24, 2.45) is 5.92 Å². The molecule has 0 bridgehead atoms. The molecule has 1 N–H and O–H groups in total. The molecule has 1 aromatic rings. The lowest BCUT2D eigenvalue weighted by Crippen LogP contribution is -2.22. The second kappa shape index (κ2) is 5.52. The molecule has 116 valence electrons. The number of alkyl halides is 3. The predicted molar refractivity (Wildman–Crippen MR) is 77.3 cm³/mol. The second-order valence-corrected chi connectivity index (χ2v) is 6.33. The molecule has 1 aromatic carbocycles. The van der Waals surface area contributed by atoms with Gasteiger partial charge in [0.2, 0.25) is 0 Å². The lowest BCUT2D eigenvalue weighted by atomic mass is 10.1. The number of rotatable bonds is 4. The minimum absolute atomic E-state index is 0.302. The summed E-state index contributed by atoms with van der Waals surface area (Å²) in [7, 11) is 0. The smallest absolute Gasteiger partial charge is 0.371 e. The standard InChI is InChI=1S/C16H21F3N2/c1-11-6-7-21(10-11)14-5-2-12(9-20-13-3-4-13)15(8-14)16(17,18)19/h2,5,8,11,13,20H,3-4,6-7,9-10H2,1H3. The van der Waals surface area contributed by atoms with Gasteiger partial charge in [0, 0.05) is 31.4 Å². The number of nitrogens with zero attached hydrogens (tertiary/aromatic N) is 1. The topological polar surface area (TPSA) is 15.3 Å². The normalized spacial score (nSPS) is 22.9. The van der Waals surface area contributed by atoms with Gasteiger partial charge in [0.1, 0.15) is 0 Å². The molecular weight excluding hydrogens is 277 g/mol. The largest absolute Gasteiger partial charge is 0.416 e. The SMILES string of the molecule is CC1CCN(c2ccc(CNC3CC3)c(C(F)(F)F)c2)C1. The Morgan fingerprint density at radius 2 is 2.00 bits per heavy atom. The van der Waals surface area contributed by atoms with E-state index in [4.69, 9.17) is 0 Å². The summed E-state index contributed by atoms with van der Waals surface area (Å²) >= 11 is 0. The zero-order chi connectivity index (χ0) is 15.0. The van der Waals surface area contributed by atoms with Crippen LogP contribution in [0.25, 0.3) is 0 Å². The van der Waals surface area contributed by atoms with E-state index in [0.29, 0.717) is 29.8 Å². The molecule has 21 heavy (non-hydrogen) atoms. The number of hydrogen-bond acceptors (Lipinski definition) is 2. The average molecular weight is 298 g/mol. The van der Waals surface area contributed by atoms with E-state index in [2.05, 4.69) is 17.1 Å². The van der Waals surface area contributed by atoms with E-state index >= 15 is 0 Å². The predicted octanol–water partition coefficient (Wildman–Crippen LogP) is 3.80. The summed E-state index contributed by atoms with van der Waals surface area (Å²) in [5.41, 5.74) is 0.556. The molecule has 1 aliphatic carbocycles. The minimum Gasteiger partial charge on any atom is -0.371 e. The molecule has 1 atom stereocenters. The molecule has 3 rings (SSSR count). The fourth-order valence-corrected chi connectivity index (χ4v) is 2.89. The van der Waals surface area contributed by atoms with Crippen LogP contribution in [0.2, 0.25) is 0 Å². The van der Waals surface area contributed by atoms with E-state index < -0.39 is 11.7 Å². The van der Waals surface area contributed by atoms with Gasteiger partial charge in [-0.05, 0) is 42.9 Å². The Hall–Kier alpha value is -1.23. The van der Waals surface area contributed by atoms with Gasteiger partial charge in [-0.25, -0.2) is 0 Å². The Kier molecular flexibility index (Phi) is 3.86. The minimum atomic E-state index is -4.29. The first kappa shape index (κ1) is 14.7. The van der Waals surface area contributed by atoms with Gasteiger partial charge >= 0.3 is 6.18 Å². The molecule has 2 aliphatic rings. The van der Waals surface area contributed by atoms with Crippen LogP contribution in [0.1, 0.15) is 37.3 Å². The Morgan fingerprint density at radius 3 is 2.57 bits per heavy atom. The molecular formula is C16H21F3N2. The van der Waals surface area contributed by atoms with Crippen molar-refractivity contribution in [3.63, 3.8) is 0 Å². The highest BCUT2D eigenvalue weighted by atomic mass is 19.4. The highest BCUT2D eigenvalue weighted by Crippen LogP contribution is 2.36. The fourth-order valence-electron chi connectivity index (χ4n) is 2.89. The van der Waals surface area contributed by atoms with Crippen molar-refractivity contribution >= 4 is 5.69 Å². The number of nitrogens with one attached hydrogen (secondary N) is 1. The summed E-state index contributed by atoms with van der Waals surface area (Å²) in [5, 5.41) is 3.17. The van der Waals surface area contributed by atoms with E-state index in [1.165, 1.54) is 6.07 Å². The fraction of sp³-hybridized carbons (Fsp3) is 0.625. The van der Waals surface area contributed by atoms with Crippen LogP contribution in [0, 0.1) is 5.92 Å². The van der Waals surface area contributed by atoms with Gasteiger partial charge in [0.15, 0.2) is 0 Å². The Bertz CT molecular complexity index is 509. The van der Waals surface area contributed by atoms with Gasteiger partial charge < -0.3 is 10.2 Å². The van der Waals surface area contributed by atoms with Gasteiger partial charge in [-0.3, -0.25) is 0 Å². The van der Waals surface area contributed by atoms with Gasteiger partial charge in [0.05, 0.1) is 5.56 Å². The van der Waals surface area contributed by atoms with Gasteiger partial charge in [0.25, 0.3) is 0 Å². The summed E-state index contributed by atoms with van der Waals surface area (Å²) in [6.45, 7) is 4.13. The first-order chi connectivity index (χ1) is 9.93. The highest BCUT2D eigenvalue weighted by Gasteiger charge is 2.34. The molecule has 0 amide bonds. The molecule has 0 aromatic heterocycles. The Labute approximate surface area is 123 Å². The summed E-state index contributed by atoms with van der Waals surface area (Å²) in [4.78, 5) is 2.05. The van der Waals surface area contributed by atoms with Crippen molar-refractivity contribution in [1.82, 2.24) is 5.32 Å². The van der Waals surface area contributed by atoms with Crippen LogP contribution >= 0.6 is 0 Å². The van der Waals surface area contributed by atoms with E-state index in [1.807, 2.05) is 6.07 Å². The number of halogens is 3. The average Bonchev–Trinajstić information content (AvgIpc) is 3.16. The van der Waals surface area contributed by atoms with Crippen molar-refractivity contribution in [2.45, 2.75) is 44.9 Å². The van der Waals surface area contributed by atoms with Crippen molar-refractivity contribution in [3.8, 4) is 0 Å². The number of hydrogen-bond donors (Lipinski definition) is 1. The lowest BCUT2D eigenvalue weighted by molar-refractivity contribution is -0.138. The van der Waals surface area contributed by atoms with E-state index in [-0.39, 0.29) is 0 Å². The molecule has 1 saturated heterocycles. The summed E-state index contributed by atoms with van der Waals surface area (Å²) in [5.74, 6) is 0.551. The molecule has 1 aliphatic heterocycles. The van der Waals surface area contributed by atoms with Crippen LogP contribution in [0.5, 0.6) is 0 Å². The lowest BCUT2D eigenvalue weighted by Gasteiger charge is -2.21. The van der Waals surface area contributed by atoms with Crippen LogP contribution < -0.4 is 10.2 Å². The van der Waals surface area contributed by atoms with Crippen LogP contribution in [0.15, 0.2) is 18.2 Å². The van der Waals surface area contributed by atoms with Gasteiger partial charge in [-0.1, -0.05) is 13.0 Å². The summed E-state index contributed by atoms with van der Waals surface area (Å²) in [6, 6.07) is 5.19. The first-order valence-corrected chi connectivity index (χ1v) is 7.62. The molecule has 5 heteroatoms. The van der Waals surface area contributed by atoms with Crippen LogP contribution in [0.4, 0.5) is 18.9 Å². The van der Waals surface area contributed by atoms with Gasteiger partial charge in [-0.15, -0.1) is 0 Å². The van der Waals surface area contributed by atoms with Crippen molar-refractivity contribution < 1.29 is 13.2 Å². The van der Waals surface area contributed by atoms with Crippen molar-refractivity contribution in [3.05, 3.63) is 29.3 Å². The third kappa shape index (κ3) is 3.51. The quantitative estimate of drug-likeness (QED) is 0.909. The number of anilines is 1. The van der Waals surface area contributed by atoms with E-state index in [9.17, 15) is 13.2 Å². The maximum Gasteiger partial charge on any atom is 0.416 e. The zero-order valence-electron chi connectivity index (χ0n) is 12.2. The van der Waals surface area contributed by atoms with Crippen LogP contribution in [0.3, 0.4) is 0 Å². The maximum atomic E-state index is 13.3. The van der Waals surface area contributed by atoms with E-state index in [0.717, 1.165) is 32.4 Å². The van der Waals surface area contributed by atoms with Crippen LogP contribution in [-0.2, 0) is 12.7 Å². The van der Waals surface area contributed by atoms with Crippen molar-refractivity contribution in [1.29, 1.82) is 0 Å². The second-order valence-electron chi connectivity index (χ2n) is 6.33. The third-order valence-corrected chi connectivity index (χ3v) is 4.35.